The molecule has 1 aromatic rings. The van der Waals surface area contributed by atoms with Crippen molar-refractivity contribution in [2.75, 3.05) is 26.2 Å². The molecule has 0 radical (unpaired) electrons. The number of nitrogens with one attached hydrogen (secondary N) is 1. The Labute approximate surface area is 115 Å². The number of carbonyl (C=O) groups is 1. The Morgan fingerprint density at radius 2 is 1.95 bits per heavy atom. The average molecular weight is 264 g/mol. The first-order chi connectivity index (χ1) is 9.10. The molecule has 2 amide bonds. The fourth-order valence-corrected chi connectivity index (χ4v) is 1.82. The Bertz CT molecular complexity index is 415. The van der Waals surface area contributed by atoms with Gasteiger partial charge in [-0.05, 0) is 44.9 Å². The lowest BCUT2D eigenvalue weighted by Gasteiger charge is -2.19. The van der Waals surface area contributed by atoms with Crippen LogP contribution in [0.2, 0.25) is 0 Å². The summed E-state index contributed by atoms with van der Waals surface area (Å²) >= 11 is 0. The molecule has 0 atom stereocenters. The third-order valence-electron chi connectivity index (χ3n) is 3.24. The van der Waals surface area contributed by atoms with Crippen molar-refractivity contribution in [1.82, 2.24) is 10.2 Å². The number of benzene rings is 1. The molecule has 0 bridgehead atoms. The lowest BCUT2D eigenvalue weighted by Crippen LogP contribution is -2.41. The maximum Gasteiger partial charge on any atom is 0.317 e. The second-order valence-electron chi connectivity index (χ2n) is 4.45. The number of aryl methyl sites for hydroxylation is 1. The van der Waals surface area contributed by atoms with Crippen LogP contribution in [0.1, 0.15) is 25.0 Å². The van der Waals surface area contributed by atoms with Crippen molar-refractivity contribution in [3.8, 4) is 5.75 Å². The molecule has 0 fully saturated rings. The minimum Gasteiger partial charge on any atom is -0.491 e. The first kappa shape index (κ1) is 15.3. The Hall–Kier alpha value is -1.71. The minimum atomic E-state index is -0.0328. The van der Waals surface area contributed by atoms with Gasteiger partial charge in [-0.25, -0.2) is 4.79 Å². The summed E-state index contributed by atoms with van der Waals surface area (Å²) in [6.45, 7) is 10.5. The van der Waals surface area contributed by atoms with E-state index in [9.17, 15) is 4.79 Å². The standard InChI is InChI=1S/C15H24N2O2/c1-5-17(6-2)15(18)16-10-11-19-14-9-7-8-12(3)13(14)4/h7-9H,5-6,10-11H2,1-4H3,(H,16,18). The third-order valence-corrected chi connectivity index (χ3v) is 3.24. The molecule has 4 heteroatoms. The van der Waals surface area contributed by atoms with Crippen LogP contribution in [0.5, 0.6) is 5.75 Å². The van der Waals surface area contributed by atoms with Crippen LogP contribution in [0, 0.1) is 13.8 Å². The topological polar surface area (TPSA) is 41.6 Å². The summed E-state index contributed by atoms with van der Waals surface area (Å²) in [5.74, 6) is 0.886. The molecule has 19 heavy (non-hydrogen) atoms. The molecule has 0 spiro atoms. The summed E-state index contributed by atoms with van der Waals surface area (Å²) in [5, 5.41) is 2.85. The summed E-state index contributed by atoms with van der Waals surface area (Å²) in [6, 6.07) is 5.96. The predicted octanol–water partition coefficient (Wildman–Crippen LogP) is 2.73. The molecule has 0 aliphatic rings. The fourth-order valence-electron chi connectivity index (χ4n) is 1.82. The molecule has 0 unspecified atom stereocenters. The van der Waals surface area contributed by atoms with Crippen molar-refractivity contribution < 1.29 is 9.53 Å². The largest absolute Gasteiger partial charge is 0.491 e. The number of rotatable bonds is 6. The van der Waals surface area contributed by atoms with E-state index in [0.717, 1.165) is 24.4 Å². The molecule has 0 aliphatic carbocycles. The van der Waals surface area contributed by atoms with Crippen LogP contribution in [-0.2, 0) is 0 Å². The smallest absolute Gasteiger partial charge is 0.317 e. The Morgan fingerprint density at radius 3 is 2.58 bits per heavy atom. The van der Waals surface area contributed by atoms with Gasteiger partial charge in [0.1, 0.15) is 12.4 Å². The van der Waals surface area contributed by atoms with Crippen LogP contribution in [0.3, 0.4) is 0 Å². The quantitative estimate of drug-likeness (QED) is 0.803. The van der Waals surface area contributed by atoms with Crippen molar-refractivity contribution in [3.63, 3.8) is 0 Å². The number of hydrogen-bond donors (Lipinski definition) is 1. The van der Waals surface area contributed by atoms with Crippen molar-refractivity contribution in [2.45, 2.75) is 27.7 Å². The van der Waals surface area contributed by atoms with Crippen LogP contribution in [0.15, 0.2) is 18.2 Å². The number of ether oxygens (including phenoxy) is 1. The summed E-state index contributed by atoms with van der Waals surface area (Å²) in [4.78, 5) is 13.4. The number of urea groups is 1. The molecule has 0 heterocycles. The second kappa shape index (κ2) is 7.67. The van der Waals surface area contributed by atoms with Crippen molar-refractivity contribution >= 4 is 6.03 Å². The number of carbonyl (C=O) groups excluding carboxylic acids is 1. The first-order valence-electron chi connectivity index (χ1n) is 6.81. The Morgan fingerprint density at radius 1 is 1.26 bits per heavy atom. The molecule has 1 rings (SSSR count). The lowest BCUT2D eigenvalue weighted by atomic mass is 10.1. The van der Waals surface area contributed by atoms with Gasteiger partial charge in [0.25, 0.3) is 0 Å². The summed E-state index contributed by atoms with van der Waals surface area (Å²) in [6.07, 6.45) is 0. The van der Waals surface area contributed by atoms with Gasteiger partial charge in [-0.3, -0.25) is 0 Å². The minimum absolute atomic E-state index is 0.0328. The lowest BCUT2D eigenvalue weighted by molar-refractivity contribution is 0.200. The van der Waals surface area contributed by atoms with E-state index in [4.69, 9.17) is 4.74 Å². The molecule has 0 saturated heterocycles. The highest BCUT2D eigenvalue weighted by atomic mass is 16.5. The summed E-state index contributed by atoms with van der Waals surface area (Å²) < 4.78 is 5.68. The van der Waals surface area contributed by atoms with Gasteiger partial charge in [0.2, 0.25) is 0 Å². The maximum atomic E-state index is 11.7. The van der Waals surface area contributed by atoms with Gasteiger partial charge >= 0.3 is 6.03 Å². The molecule has 0 saturated carbocycles. The average Bonchev–Trinajstić information content (AvgIpc) is 2.40. The zero-order chi connectivity index (χ0) is 14.3. The van der Waals surface area contributed by atoms with Gasteiger partial charge < -0.3 is 15.0 Å². The Kier molecular flexibility index (Phi) is 6.19. The van der Waals surface area contributed by atoms with E-state index in [2.05, 4.69) is 18.3 Å². The first-order valence-corrected chi connectivity index (χ1v) is 6.81. The van der Waals surface area contributed by atoms with Crippen LogP contribution in [-0.4, -0.2) is 37.2 Å². The van der Waals surface area contributed by atoms with Gasteiger partial charge in [0.05, 0.1) is 6.54 Å². The highest BCUT2D eigenvalue weighted by molar-refractivity contribution is 5.74. The van der Waals surface area contributed by atoms with Crippen LogP contribution in [0.4, 0.5) is 4.79 Å². The fraction of sp³-hybridized carbons (Fsp3) is 0.533. The maximum absolute atomic E-state index is 11.7. The van der Waals surface area contributed by atoms with Crippen molar-refractivity contribution in [1.29, 1.82) is 0 Å². The number of nitrogens with zero attached hydrogens (tertiary/aromatic N) is 1. The molecule has 1 N–H and O–H groups in total. The van der Waals surface area contributed by atoms with Crippen molar-refractivity contribution in [3.05, 3.63) is 29.3 Å². The molecular formula is C15H24N2O2. The molecule has 1 aromatic carbocycles. The van der Waals surface area contributed by atoms with Gasteiger partial charge in [-0.15, -0.1) is 0 Å². The van der Waals surface area contributed by atoms with E-state index >= 15 is 0 Å². The van der Waals surface area contributed by atoms with Crippen LogP contribution < -0.4 is 10.1 Å². The van der Waals surface area contributed by atoms with Gasteiger partial charge in [-0.1, -0.05) is 12.1 Å². The molecule has 0 aromatic heterocycles. The van der Waals surface area contributed by atoms with E-state index < -0.39 is 0 Å². The summed E-state index contributed by atoms with van der Waals surface area (Å²) in [5.41, 5.74) is 2.36. The number of hydrogen-bond acceptors (Lipinski definition) is 2. The van der Waals surface area contributed by atoms with Crippen LogP contribution >= 0.6 is 0 Å². The normalized spacial score (nSPS) is 10.1. The zero-order valence-corrected chi connectivity index (χ0v) is 12.3. The monoisotopic (exact) mass is 264 g/mol. The van der Waals surface area contributed by atoms with E-state index in [1.165, 1.54) is 5.56 Å². The van der Waals surface area contributed by atoms with Gasteiger partial charge in [-0.2, -0.15) is 0 Å². The Balaban J connectivity index is 2.35. The molecular weight excluding hydrogens is 240 g/mol. The third kappa shape index (κ3) is 4.47. The second-order valence-corrected chi connectivity index (χ2v) is 4.45. The zero-order valence-electron chi connectivity index (χ0n) is 12.3. The van der Waals surface area contributed by atoms with E-state index in [0.29, 0.717) is 13.2 Å². The summed E-state index contributed by atoms with van der Waals surface area (Å²) in [7, 11) is 0. The highest BCUT2D eigenvalue weighted by Gasteiger charge is 2.08. The van der Waals surface area contributed by atoms with E-state index in [1.807, 2.05) is 32.9 Å². The van der Waals surface area contributed by atoms with Crippen LogP contribution in [0.25, 0.3) is 0 Å². The highest BCUT2D eigenvalue weighted by Crippen LogP contribution is 2.20. The van der Waals surface area contributed by atoms with Gasteiger partial charge in [0.15, 0.2) is 0 Å². The molecule has 0 aliphatic heterocycles. The molecule has 106 valence electrons. The van der Waals surface area contributed by atoms with E-state index in [1.54, 1.807) is 4.90 Å². The number of amides is 2. The van der Waals surface area contributed by atoms with Crippen molar-refractivity contribution in [2.24, 2.45) is 0 Å². The van der Waals surface area contributed by atoms with Gasteiger partial charge in [0, 0.05) is 13.1 Å². The molecule has 4 nitrogen and oxygen atoms in total. The van der Waals surface area contributed by atoms with E-state index in [-0.39, 0.29) is 6.03 Å². The predicted molar refractivity (Wildman–Crippen MR) is 77.7 cm³/mol. The SMILES string of the molecule is CCN(CC)C(=O)NCCOc1cccc(C)c1C.